The fourth-order valence-corrected chi connectivity index (χ4v) is 1.38. The fourth-order valence-electron chi connectivity index (χ4n) is 1.38. The van der Waals surface area contributed by atoms with Crippen LogP contribution in [0.5, 0.6) is 0 Å². The Bertz CT molecular complexity index is 144. The van der Waals surface area contributed by atoms with Crippen LogP contribution >= 0.6 is 0 Å². The Kier molecular flexibility index (Phi) is 6.59. The summed E-state index contributed by atoms with van der Waals surface area (Å²) >= 11 is 0. The number of rotatable bonds is 7. The molecule has 0 spiro atoms. The monoisotopic (exact) mass is 187 g/mol. The Balaban J connectivity index is 3.99. The van der Waals surface area contributed by atoms with E-state index in [1.807, 2.05) is 6.92 Å². The third kappa shape index (κ3) is 4.88. The summed E-state index contributed by atoms with van der Waals surface area (Å²) in [6.45, 7) is 6.16. The maximum absolute atomic E-state index is 10.8. The lowest BCUT2D eigenvalue weighted by molar-refractivity contribution is -0.139. The standard InChI is InChI=1S/C10H21NO2/c1-4-7-9(10(12)13)11-8(5-2)6-3/h8-9,11H,4-7H2,1-3H3,(H,12,13). The second-order valence-corrected chi connectivity index (χ2v) is 3.36. The van der Waals surface area contributed by atoms with Gasteiger partial charge in [-0.25, -0.2) is 0 Å². The van der Waals surface area contributed by atoms with Crippen molar-refractivity contribution in [2.75, 3.05) is 0 Å². The van der Waals surface area contributed by atoms with Crippen molar-refractivity contribution in [3.05, 3.63) is 0 Å². The van der Waals surface area contributed by atoms with Crippen molar-refractivity contribution in [1.82, 2.24) is 5.32 Å². The van der Waals surface area contributed by atoms with Crippen molar-refractivity contribution in [1.29, 1.82) is 0 Å². The van der Waals surface area contributed by atoms with Gasteiger partial charge >= 0.3 is 5.97 Å². The molecule has 0 heterocycles. The first-order valence-electron chi connectivity index (χ1n) is 5.14. The van der Waals surface area contributed by atoms with Gasteiger partial charge in [0, 0.05) is 6.04 Å². The molecule has 0 fully saturated rings. The zero-order chi connectivity index (χ0) is 10.3. The molecule has 0 saturated heterocycles. The Morgan fingerprint density at radius 1 is 1.31 bits per heavy atom. The molecular formula is C10H21NO2. The van der Waals surface area contributed by atoms with Crippen LogP contribution in [-0.2, 0) is 4.79 Å². The number of carboxylic acids is 1. The van der Waals surface area contributed by atoms with Crippen LogP contribution in [0.1, 0.15) is 46.5 Å². The number of aliphatic carboxylic acids is 1. The van der Waals surface area contributed by atoms with E-state index in [1.165, 1.54) is 0 Å². The van der Waals surface area contributed by atoms with Crippen LogP contribution in [0, 0.1) is 0 Å². The quantitative estimate of drug-likeness (QED) is 0.641. The minimum atomic E-state index is -0.728. The van der Waals surface area contributed by atoms with E-state index < -0.39 is 5.97 Å². The molecule has 0 aliphatic rings. The SMILES string of the molecule is CCCC(NC(CC)CC)C(=O)O. The van der Waals surface area contributed by atoms with Gasteiger partial charge in [0.1, 0.15) is 6.04 Å². The van der Waals surface area contributed by atoms with Crippen molar-refractivity contribution in [3.8, 4) is 0 Å². The number of hydrogen-bond acceptors (Lipinski definition) is 2. The smallest absolute Gasteiger partial charge is 0.320 e. The lowest BCUT2D eigenvalue weighted by atomic mass is 10.1. The van der Waals surface area contributed by atoms with E-state index in [4.69, 9.17) is 5.11 Å². The molecule has 3 heteroatoms. The van der Waals surface area contributed by atoms with Gasteiger partial charge in [-0.05, 0) is 19.3 Å². The normalized spacial score (nSPS) is 13.2. The Morgan fingerprint density at radius 3 is 2.15 bits per heavy atom. The molecule has 78 valence electrons. The molecule has 13 heavy (non-hydrogen) atoms. The zero-order valence-corrected chi connectivity index (χ0v) is 8.84. The summed E-state index contributed by atoms with van der Waals surface area (Å²) < 4.78 is 0. The summed E-state index contributed by atoms with van der Waals surface area (Å²) in [5, 5.41) is 12.0. The summed E-state index contributed by atoms with van der Waals surface area (Å²) in [6, 6.07) is -0.0254. The highest BCUT2D eigenvalue weighted by Crippen LogP contribution is 2.03. The number of carboxylic acid groups (broad SMARTS) is 1. The largest absolute Gasteiger partial charge is 0.480 e. The van der Waals surface area contributed by atoms with Gasteiger partial charge in [0.25, 0.3) is 0 Å². The van der Waals surface area contributed by atoms with Crippen LogP contribution in [0.4, 0.5) is 0 Å². The number of carbonyl (C=O) groups is 1. The zero-order valence-electron chi connectivity index (χ0n) is 8.84. The molecule has 0 aromatic heterocycles. The van der Waals surface area contributed by atoms with Crippen LogP contribution in [0.3, 0.4) is 0 Å². The first-order chi connectivity index (χ1) is 6.15. The Hall–Kier alpha value is -0.570. The molecule has 0 rings (SSSR count). The minimum Gasteiger partial charge on any atom is -0.480 e. The van der Waals surface area contributed by atoms with Gasteiger partial charge in [-0.1, -0.05) is 27.2 Å². The molecular weight excluding hydrogens is 166 g/mol. The van der Waals surface area contributed by atoms with Crippen LogP contribution in [0.2, 0.25) is 0 Å². The van der Waals surface area contributed by atoms with Gasteiger partial charge in [-0.15, -0.1) is 0 Å². The highest BCUT2D eigenvalue weighted by Gasteiger charge is 2.18. The molecule has 0 aliphatic heterocycles. The molecule has 0 saturated carbocycles. The summed E-state index contributed by atoms with van der Waals surface area (Å²) in [4.78, 5) is 10.8. The van der Waals surface area contributed by atoms with E-state index >= 15 is 0 Å². The highest BCUT2D eigenvalue weighted by molar-refractivity contribution is 5.73. The molecule has 3 nitrogen and oxygen atoms in total. The number of nitrogens with one attached hydrogen (secondary N) is 1. The molecule has 0 radical (unpaired) electrons. The molecule has 1 atom stereocenters. The van der Waals surface area contributed by atoms with Gasteiger partial charge in [0.05, 0.1) is 0 Å². The number of hydrogen-bond donors (Lipinski definition) is 2. The predicted octanol–water partition coefficient (Wildman–Crippen LogP) is 2.02. The third-order valence-electron chi connectivity index (χ3n) is 2.30. The minimum absolute atomic E-state index is 0.340. The summed E-state index contributed by atoms with van der Waals surface area (Å²) in [7, 11) is 0. The molecule has 1 unspecified atom stereocenters. The average molecular weight is 187 g/mol. The lowest BCUT2D eigenvalue weighted by Crippen LogP contribution is -2.42. The summed E-state index contributed by atoms with van der Waals surface area (Å²) in [5.41, 5.74) is 0. The van der Waals surface area contributed by atoms with Crippen LogP contribution in [-0.4, -0.2) is 23.2 Å². The summed E-state index contributed by atoms with van der Waals surface area (Å²) in [6.07, 6.45) is 3.60. The summed E-state index contributed by atoms with van der Waals surface area (Å²) in [5.74, 6) is -0.728. The predicted molar refractivity (Wildman–Crippen MR) is 53.8 cm³/mol. The lowest BCUT2D eigenvalue weighted by Gasteiger charge is -2.20. The van der Waals surface area contributed by atoms with Gasteiger partial charge < -0.3 is 10.4 Å². The van der Waals surface area contributed by atoms with E-state index in [2.05, 4.69) is 19.2 Å². The van der Waals surface area contributed by atoms with Crippen molar-refractivity contribution in [2.24, 2.45) is 0 Å². The van der Waals surface area contributed by atoms with Crippen molar-refractivity contribution >= 4 is 5.97 Å². The topological polar surface area (TPSA) is 49.3 Å². The first-order valence-corrected chi connectivity index (χ1v) is 5.14. The van der Waals surface area contributed by atoms with E-state index in [0.29, 0.717) is 12.5 Å². The molecule has 0 aromatic carbocycles. The average Bonchev–Trinajstić information content (AvgIpc) is 2.11. The second kappa shape index (κ2) is 6.89. The molecule has 0 aliphatic carbocycles. The van der Waals surface area contributed by atoms with Gasteiger partial charge in [0.15, 0.2) is 0 Å². The Labute approximate surface area is 80.5 Å². The van der Waals surface area contributed by atoms with Crippen molar-refractivity contribution in [2.45, 2.75) is 58.5 Å². The van der Waals surface area contributed by atoms with E-state index in [9.17, 15) is 4.79 Å². The van der Waals surface area contributed by atoms with E-state index in [-0.39, 0.29) is 6.04 Å². The Morgan fingerprint density at radius 2 is 1.85 bits per heavy atom. The van der Waals surface area contributed by atoms with Crippen molar-refractivity contribution in [3.63, 3.8) is 0 Å². The van der Waals surface area contributed by atoms with Gasteiger partial charge in [-0.3, -0.25) is 4.79 Å². The van der Waals surface area contributed by atoms with Crippen LogP contribution in [0.25, 0.3) is 0 Å². The van der Waals surface area contributed by atoms with Crippen LogP contribution < -0.4 is 5.32 Å². The van der Waals surface area contributed by atoms with Gasteiger partial charge in [-0.2, -0.15) is 0 Å². The maximum Gasteiger partial charge on any atom is 0.320 e. The molecule has 0 amide bonds. The highest BCUT2D eigenvalue weighted by atomic mass is 16.4. The van der Waals surface area contributed by atoms with Crippen molar-refractivity contribution < 1.29 is 9.90 Å². The molecule has 0 bridgehead atoms. The van der Waals surface area contributed by atoms with E-state index in [1.54, 1.807) is 0 Å². The first kappa shape index (κ1) is 12.4. The van der Waals surface area contributed by atoms with Crippen LogP contribution in [0.15, 0.2) is 0 Å². The van der Waals surface area contributed by atoms with E-state index in [0.717, 1.165) is 19.3 Å². The second-order valence-electron chi connectivity index (χ2n) is 3.36. The molecule has 0 aromatic rings. The fraction of sp³-hybridized carbons (Fsp3) is 0.900. The third-order valence-corrected chi connectivity index (χ3v) is 2.30. The molecule has 2 N–H and O–H groups in total. The maximum atomic E-state index is 10.8. The van der Waals surface area contributed by atoms with Gasteiger partial charge in [0.2, 0.25) is 0 Å².